The van der Waals surface area contributed by atoms with Gasteiger partial charge in [0.25, 0.3) is 0 Å². The van der Waals surface area contributed by atoms with E-state index < -0.39 is 5.60 Å². The number of β-amino-alcohol motifs (C(OH)–C–C–N with tert-alkyl or cyclic N) is 1. The molecule has 0 spiro atoms. The van der Waals surface area contributed by atoms with E-state index in [9.17, 15) is 9.90 Å². The zero-order valence-electron chi connectivity index (χ0n) is 11.6. The van der Waals surface area contributed by atoms with E-state index >= 15 is 0 Å². The number of H-pyrrole nitrogens is 1. The van der Waals surface area contributed by atoms with Crippen molar-refractivity contribution in [2.24, 2.45) is 0 Å². The van der Waals surface area contributed by atoms with Crippen LogP contribution in [0.2, 0.25) is 0 Å². The number of aliphatic hydroxyl groups is 1. The molecule has 1 unspecified atom stereocenters. The Hall–Kier alpha value is -1.40. The van der Waals surface area contributed by atoms with Gasteiger partial charge in [-0.05, 0) is 19.4 Å². The number of hydrogen-bond donors (Lipinski definition) is 2. The molecule has 2 N–H and O–H groups in total. The summed E-state index contributed by atoms with van der Waals surface area (Å²) in [6, 6.07) is 0. The standard InChI is InChI=1S/C13H22N4O2/c1-16(2)12(18)6-13(19)4-3-5-17(9-13)8-11-7-14-10-15-11/h7,10,19H,3-6,8-9H2,1-2H3,(H,14,15). The van der Waals surface area contributed by atoms with Crippen molar-refractivity contribution in [3.63, 3.8) is 0 Å². The molecular weight excluding hydrogens is 244 g/mol. The monoisotopic (exact) mass is 266 g/mol. The molecule has 6 heteroatoms. The van der Waals surface area contributed by atoms with Gasteiger partial charge in [-0.1, -0.05) is 0 Å². The fraction of sp³-hybridized carbons (Fsp3) is 0.692. The maximum Gasteiger partial charge on any atom is 0.224 e. The third-order valence-corrected chi connectivity index (χ3v) is 3.56. The van der Waals surface area contributed by atoms with Gasteiger partial charge in [0, 0.05) is 39.1 Å². The summed E-state index contributed by atoms with van der Waals surface area (Å²) in [5.41, 5.74) is 0.128. The van der Waals surface area contributed by atoms with Gasteiger partial charge < -0.3 is 15.0 Å². The number of rotatable bonds is 4. The van der Waals surface area contributed by atoms with E-state index in [4.69, 9.17) is 0 Å². The van der Waals surface area contributed by atoms with E-state index in [1.165, 1.54) is 4.90 Å². The molecule has 2 heterocycles. The molecule has 6 nitrogen and oxygen atoms in total. The summed E-state index contributed by atoms with van der Waals surface area (Å²) >= 11 is 0. The molecule has 0 radical (unpaired) electrons. The molecule has 1 fully saturated rings. The van der Waals surface area contributed by atoms with Crippen LogP contribution in [0.4, 0.5) is 0 Å². The van der Waals surface area contributed by atoms with E-state index in [1.54, 1.807) is 26.6 Å². The topological polar surface area (TPSA) is 72.5 Å². The number of aromatic nitrogens is 2. The van der Waals surface area contributed by atoms with Crippen molar-refractivity contribution in [3.05, 3.63) is 18.2 Å². The summed E-state index contributed by atoms with van der Waals surface area (Å²) in [7, 11) is 3.44. The molecule has 2 rings (SSSR count). The Morgan fingerprint density at radius 1 is 1.63 bits per heavy atom. The lowest BCUT2D eigenvalue weighted by molar-refractivity contribution is -0.136. The molecule has 1 saturated heterocycles. The summed E-state index contributed by atoms with van der Waals surface area (Å²) in [5, 5.41) is 10.6. The molecule has 1 aliphatic rings. The van der Waals surface area contributed by atoms with Gasteiger partial charge in [-0.15, -0.1) is 0 Å². The Kier molecular flexibility index (Phi) is 4.21. The molecule has 0 bridgehead atoms. The second-order valence-corrected chi connectivity index (χ2v) is 5.58. The van der Waals surface area contributed by atoms with Crippen molar-refractivity contribution in [2.45, 2.75) is 31.4 Å². The number of likely N-dealkylation sites (tertiary alicyclic amines) is 1. The van der Waals surface area contributed by atoms with Crippen molar-refractivity contribution in [1.82, 2.24) is 19.8 Å². The van der Waals surface area contributed by atoms with Crippen molar-refractivity contribution >= 4 is 5.91 Å². The number of aromatic amines is 1. The molecule has 1 atom stereocenters. The van der Waals surface area contributed by atoms with Crippen molar-refractivity contribution in [2.75, 3.05) is 27.2 Å². The van der Waals surface area contributed by atoms with Gasteiger partial charge in [-0.3, -0.25) is 9.69 Å². The Labute approximate surface area is 113 Å². The van der Waals surface area contributed by atoms with Crippen LogP contribution in [0.3, 0.4) is 0 Å². The van der Waals surface area contributed by atoms with Crippen molar-refractivity contribution in [3.8, 4) is 0 Å². The minimum atomic E-state index is -0.903. The third-order valence-electron chi connectivity index (χ3n) is 3.56. The lowest BCUT2D eigenvalue weighted by atomic mass is 9.89. The molecule has 106 valence electrons. The predicted octanol–water partition coefficient (Wildman–Crippen LogP) is 0.215. The molecule has 0 aliphatic carbocycles. The number of nitrogens with one attached hydrogen (secondary N) is 1. The molecule has 1 aliphatic heterocycles. The number of carbonyl (C=O) groups excluding carboxylic acids is 1. The maximum absolute atomic E-state index is 11.8. The van der Waals surface area contributed by atoms with E-state index in [0.29, 0.717) is 13.0 Å². The first-order chi connectivity index (χ1) is 8.98. The molecule has 1 aromatic heterocycles. The highest BCUT2D eigenvalue weighted by Gasteiger charge is 2.35. The highest BCUT2D eigenvalue weighted by atomic mass is 16.3. The van der Waals surface area contributed by atoms with Gasteiger partial charge in [-0.2, -0.15) is 0 Å². The predicted molar refractivity (Wildman–Crippen MR) is 71.4 cm³/mol. The van der Waals surface area contributed by atoms with E-state index in [1.807, 2.05) is 0 Å². The average molecular weight is 266 g/mol. The van der Waals surface area contributed by atoms with Crippen LogP contribution in [-0.2, 0) is 11.3 Å². The smallest absolute Gasteiger partial charge is 0.224 e. The number of piperidine rings is 1. The van der Waals surface area contributed by atoms with Gasteiger partial charge in [0.1, 0.15) is 0 Å². The summed E-state index contributed by atoms with van der Waals surface area (Å²) in [6.07, 6.45) is 5.23. The molecule has 1 amide bonds. The summed E-state index contributed by atoms with van der Waals surface area (Å²) in [6.45, 7) is 2.21. The van der Waals surface area contributed by atoms with E-state index in [2.05, 4.69) is 14.9 Å². The van der Waals surface area contributed by atoms with Gasteiger partial charge in [0.05, 0.1) is 18.3 Å². The van der Waals surface area contributed by atoms with Gasteiger partial charge >= 0.3 is 0 Å². The Balaban J connectivity index is 1.93. The van der Waals surface area contributed by atoms with E-state index in [-0.39, 0.29) is 12.3 Å². The number of amides is 1. The molecule has 0 aromatic carbocycles. The molecular formula is C13H22N4O2. The minimum Gasteiger partial charge on any atom is -0.388 e. The number of imidazole rings is 1. The number of nitrogens with zero attached hydrogens (tertiary/aromatic N) is 3. The van der Waals surface area contributed by atoms with Gasteiger partial charge in [-0.25, -0.2) is 4.98 Å². The second-order valence-electron chi connectivity index (χ2n) is 5.58. The molecule has 0 saturated carbocycles. The Bertz CT molecular complexity index is 418. The average Bonchev–Trinajstić information content (AvgIpc) is 2.81. The van der Waals surface area contributed by atoms with Crippen LogP contribution in [0.5, 0.6) is 0 Å². The van der Waals surface area contributed by atoms with Gasteiger partial charge in [0.15, 0.2) is 0 Å². The van der Waals surface area contributed by atoms with Crippen LogP contribution in [0.25, 0.3) is 0 Å². The zero-order chi connectivity index (χ0) is 13.9. The lowest BCUT2D eigenvalue weighted by Crippen LogP contribution is -2.50. The summed E-state index contributed by atoms with van der Waals surface area (Å²) in [5.74, 6) is -0.0223. The van der Waals surface area contributed by atoms with Crippen LogP contribution in [0, 0.1) is 0 Å². The minimum absolute atomic E-state index is 0.0223. The van der Waals surface area contributed by atoms with Crippen LogP contribution in [0.1, 0.15) is 25.0 Å². The van der Waals surface area contributed by atoms with Crippen LogP contribution in [-0.4, -0.2) is 63.6 Å². The maximum atomic E-state index is 11.8. The summed E-state index contributed by atoms with van der Waals surface area (Å²) < 4.78 is 0. The van der Waals surface area contributed by atoms with Crippen LogP contribution >= 0.6 is 0 Å². The normalized spacial score (nSPS) is 24.4. The Morgan fingerprint density at radius 3 is 3.05 bits per heavy atom. The third kappa shape index (κ3) is 3.78. The van der Waals surface area contributed by atoms with E-state index in [0.717, 1.165) is 25.2 Å². The number of hydrogen-bond acceptors (Lipinski definition) is 4. The first-order valence-corrected chi connectivity index (χ1v) is 6.61. The van der Waals surface area contributed by atoms with Crippen LogP contribution < -0.4 is 0 Å². The van der Waals surface area contributed by atoms with Crippen LogP contribution in [0.15, 0.2) is 12.5 Å². The fourth-order valence-electron chi connectivity index (χ4n) is 2.54. The highest BCUT2D eigenvalue weighted by Crippen LogP contribution is 2.25. The molecule has 19 heavy (non-hydrogen) atoms. The largest absolute Gasteiger partial charge is 0.388 e. The SMILES string of the molecule is CN(C)C(=O)CC1(O)CCCN(Cc2cnc[nH]2)C1. The summed E-state index contributed by atoms with van der Waals surface area (Å²) in [4.78, 5) is 22.5. The van der Waals surface area contributed by atoms with Crippen molar-refractivity contribution in [1.29, 1.82) is 0 Å². The number of carbonyl (C=O) groups is 1. The van der Waals surface area contributed by atoms with Gasteiger partial charge in [0.2, 0.25) is 5.91 Å². The Morgan fingerprint density at radius 2 is 2.42 bits per heavy atom. The lowest BCUT2D eigenvalue weighted by Gasteiger charge is -2.39. The zero-order valence-corrected chi connectivity index (χ0v) is 11.6. The first-order valence-electron chi connectivity index (χ1n) is 6.61. The first kappa shape index (κ1) is 14.0. The van der Waals surface area contributed by atoms with Crippen molar-refractivity contribution < 1.29 is 9.90 Å². The quantitative estimate of drug-likeness (QED) is 0.817. The fourth-order valence-corrected chi connectivity index (χ4v) is 2.54. The highest BCUT2D eigenvalue weighted by molar-refractivity contribution is 5.76. The molecule has 1 aromatic rings. The second kappa shape index (κ2) is 5.71.